The molecule has 0 saturated carbocycles. The number of amides is 1. The van der Waals surface area contributed by atoms with E-state index in [1.807, 2.05) is 30.3 Å². The first-order valence-electron chi connectivity index (χ1n) is 9.65. The summed E-state index contributed by atoms with van der Waals surface area (Å²) in [6.45, 7) is 2.57. The van der Waals surface area contributed by atoms with Crippen molar-refractivity contribution in [2.75, 3.05) is 11.9 Å². The summed E-state index contributed by atoms with van der Waals surface area (Å²) in [6.07, 6.45) is 2.40. The number of H-pyrrole nitrogens is 1. The minimum Gasteiger partial charge on any atom is -0.449 e. The predicted octanol–water partition coefficient (Wildman–Crippen LogP) is 3.30. The van der Waals surface area contributed by atoms with Crippen LogP contribution in [0.3, 0.4) is 0 Å². The standard InChI is InChI=1S/C20H23N7O3/c1-2-3-7-13-29-20(28)22-17-12-8-11-16(21-17)14-30-25-18(19-23-26-27-24-19)15-9-5-4-6-10-15/h4-6,8-12H,2-3,7,13-14H2,1H3,(H,21,22,28)(H,23,24,26,27)/b25-18+. The summed E-state index contributed by atoms with van der Waals surface area (Å²) in [4.78, 5) is 21.6. The van der Waals surface area contributed by atoms with Gasteiger partial charge < -0.3 is 9.57 Å². The molecule has 10 heteroatoms. The zero-order valence-electron chi connectivity index (χ0n) is 16.6. The lowest BCUT2D eigenvalue weighted by molar-refractivity contribution is 0.128. The fourth-order valence-corrected chi connectivity index (χ4v) is 2.53. The number of aromatic nitrogens is 5. The van der Waals surface area contributed by atoms with Crippen LogP contribution in [0.15, 0.2) is 53.7 Å². The van der Waals surface area contributed by atoms with Crippen molar-refractivity contribution in [3.05, 3.63) is 65.6 Å². The summed E-state index contributed by atoms with van der Waals surface area (Å²) in [7, 11) is 0. The van der Waals surface area contributed by atoms with Crippen molar-refractivity contribution < 1.29 is 14.4 Å². The van der Waals surface area contributed by atoms with E-state index in [2.05, 4.69) is 43.0 Å². The highest BCUT2D eigenvalue weighted by Gasteiger charge is 2.13. The van der Waals surface area contributed by atoms with Gasteiger partial charge in [-0.3, -0.25) is 5.32 Å². The molecule has 156 valence electrons. The second-order valence-corrected chi connectivity index (χ2v) is 6.30. The highest BCUT2D eigenvalue weighted by molar-refractivity contribution is 6.10. The van der Waals surface area contributed by atoms with Gasteiger partial charge in [-0.25, -0.2) is 9.78 Å². The van der Waals surface area contributed by atoms with Crippen LogP contribution in [-0.4, -0.2) is 44.0 Å². The topological polar surface area (TPSA) is 127 Å². The van der Waals surface area contributed by atoms with Gasteiger partial charge in [-0.1, -0.05) is 61.3 Å². The van der Waals surface area contributed by atoms with E-state index in [9.17, 15) is 4.79 Å². The molecule has 0 aliphatic rings. The first-order valence-corrected chi connectivity index (χ1v) is 9.65. The molecule has 0 saturated heterocycles. The Bertz CT molecular complexity index is 946. The number of hydrogen-bond donors (Lipinski definition) is 2. The summed E-state index contributed by atoms with van der Waals surface area (Å²) >= 11 is 0. The molecule has 0 unspecified atom stereocenters. The maximum atomic E-state index is 11.8. The molecule has 0 fully saturated rings. The van der Waals surface area contributed by atoms with E-state index in [1.165, 1.54) is 0 Å². The molecule has 0 atom stereocenters. The summed E-state index contributed by atoms with van der Waals surface area (Å²) in [5, 5.41) is 20.7. The molecular weight excluding hydrogens is 386 g/mol. The number of rotatable bonds is 10. The Morgan fingerprint density at radius 3 is 2.77 bits per heavy atom. The average Bonchev–Trinajstić information content (AvgIpc) is 3.30. The molecule has 2 aromatic heterocycles. The van der Waals surface area contributed by atoms with Crippen molar-refractivity contribution in [1.82, 2.24) is 25.6 Å². The average molecular weight is 409 g/mol. The van der Waals surface area contributed by atoms with Crippen LogP contribution >= 0.6 is 0 Å². The molecule has 1 amide bonds. The van der Waals surface area contributed by atoms with Crippen LogP contribution < -0.4 is 5.32 Å². The van der Waals surface area contributed by atoms with Crippen LogP contribution in [0, 0.1) is 0 Å². The molecule has 3 rings (SSSR count). The van der Waals surface area contributed by atoms with E-state index < -0.39 is 6.09 Å². The van der Waals surface area contributed by atoms with Crippen molar-refractivity contribution in [3.8, 4) is 0 Å². The van der Waals surface area contributed by atoms with Gasteiger partial charge in [0.1, 0.15) is 5.82 Å². The lowest BCUT2D eigenvalue weighted by Gasteiger charge is -2.07. The number of nitrogens with zero attached hydrogens (tertiary/aromatic N) is 5. The fraction of sp³-hybridized carbons (Fsp3) is 0.300. The zero-order valence-corrected chi connectivity index (χ0v) is 16.6. The molecule has 0 aliphatic carbocycles. The van der Waals surface area contributed by atoms with Crippen LogP contribution in [-0.2, 0) is 16.2 Å². The molecule has 0 aliphatic heterocycles. The van der Waals surface area contributed by atoms with Gasteiger partial charge in [-0.15, -0.1) is 10.2 Å². The fourth-order valence-electron chi connectivity index (χ4n) is 2.53. The van der Waals surface area contributed by atoms with Crippen molar-refractivity contribution in [1.29, 1.82) is 0 Å². The number of ether oxygens (including phenoxy) is 1. The van der Waals surface area contributed by atoms with Crippen LogP contribution in [0.4, 0.5) is 10.6 Å². The number of unbranched alkanes of at least 4 members (excludes halogenated alkanes) is 2. The summed E-state index contributed by atoms with van der Waals surface area (Å²) < 4.78 is 5.12. The van der Waals surface area contributed by atoms with E-state index in [4.69, 9.17) is 9.57 Å². The SMILES string of the molecule is CCCCCOC(=O)Nc1cccc(CO/N=C(\c2ccccc2)c2nn[nH]n2)n1. The van der Waals surface area contributed by atoms with Crippen molar-refractivity contribution in [2.24, 2.45) is 5.16 Å². The Balaban J connectivity index is 1.60. The van der Waals surface area contributed by atoms with Gasteiger partial charge >= 0.3 is 6.09 Å². The van der Waals surface area contributed by atoms with Gasteiger partial charge in [0.2, 0.25) is 5.82 Å². The quantitative estimate of drug-likeness (QED) is 0.299. The molecule has 0 bridgehead atoms. The Morgan fingerprint density at radius 1 is 1.13 bits per heavy atom. The van der Waals surface area contributed by atoms with E-state index in [1.54, 1.807) is 18.2 Å². The smallest absolute Gasteiger partial charge is 0.412 e. The number of carbonyl (C=O) groups is 1. The molecule has 0 radical (unpaired) electrons. The minimum absolute atomic E-state index is 0.0925. The normalized spacial score (nSPS) is 11.2. The lowest BCUT2D eigenvalue weighted by Crippen LogP contribution is -2.15. The lowest BCUT2D eigenvalue weighted by atomic mass is 10.1. The van der Waals surface area contributed by atoms with Crippen LogP contribution in [0.25, 0.3) is 0 Å². The largest absolute Gasteiger partial charge is 0.449 e. The van der Waals surface area contributed by atoms with E-state index in [0.29, 0.717) is 29.7 Å². The van der Waals surface area contributed by atoms with Gasteiger partial charge in [-0.05, 0) is 23.8 Å². The highest BCUT2D eigenvalue weighted by atomic mass is 16.6. The number of oxime groups is 1. The number of tetrazole rings is 1. The van der Waals surface area contributed by atoms with Gasteiger partial charge in [0.25, 0.3) is 0 Å². The molecule has 2 heterocycles. The Labute approximate surface area is 173 Å². The minimum atomic E-state index is -0.529. The molecule has 10 nitrogen and oxygen atoms in total. The molecule has 30 heavy (non-hydrogen) atoms. The number of carbonyl (C=O) groups excluding carboxylic acids is 1. The van der Waals surface area contributed by atoms with Gasteiger partial charge in [0.15, 0.2) is 12.3 Å². The second kappa shape index (κ2) is 11.2. The Hall–Kier alpha value is -3.82. The highest BCUT2D eigenvalue weighted by Crippen LogP contribution is 2.10. The van der Waals surface area contributed by atoms with Crippen LogP contribution in [0.2, 0.25) is 0 Å². The van der Waals surface area contributed by atoms with E-state index >= 15 is 0 Å². The van der Waals surface area contributed by atoms with Crippen LogP contribution in [0.1, 0.15) is 43.3 Å². The van der Waals surface area contributed by atoms with Crippen LogP contribution in [0.5, 0.6) is 0 Å². The first-order chi connectivity index (χ1) is 14.8. The third kappa shape index (κ3) is 6.36. The summed E-state index contributed by atoms with van der Waals surface area (Å²) in [5.74, 6) is 0.692. The number of anilines is 1. The first kappa shape index (κ1) is 20.9. The van der Waals surface area contributed by atoms with Gasteiger partial charge in [0, 0.05) is 5.56 Å². The second-order valence-electron chi connectivity index (χ2n) is 6.30. The Morgan fingerprint density at radius 2 is 2.00 bits per heavy atom. The number of hydrogen-bond acceptors (Lipinski definition) is 8. The molecular formula is C20H23N7O3. The number of nitrogens with one attached hydrogen (secondary N) is 2. The van der Waals surface area contributed by atoms with Gasteiger partial charge in [0.05, 0.1) is 12.3 Å². The number of pyridine rings is 1. The molecule has 0 spiro atoms. The maximum absolute atomic E-state index is 11.8. The number of benzene rings is 1. The third-order valence-electron chi connectivity index (χ3n) is 3.99. The third-order valence-corrected chi connectivity index (χ3v) is 3.99. The predicted molar refractivity (Wildman–Crippen MR) is 110 cm³/mol. The zero-order chi connectivity index (χ0) is 21.0. The monoisotopic (exact) mass is 409 g/mol. The summed E-state index contributed by atoms with van der Waals surface area (Å²) in [5.41, 5.74) is 1.81. The summed E-state index contributed by atoms with van der Waals surface area (Å²) in [6, 6.07) is 14.6. The van der Waals surface area contributed by atoms with Crippen molar-refractivity contribution in [2.45, 2.75) is 32.8 Å². The number of aromatic amines is 1. The van der Waals surface area contributed by atoms with E-state index in [0.717, 1.165) is 24.8 Å². The van der Waals surface area contributed by atoms with Crippen molar-refractivity contribution in [3.63, 3.8) is 0 Å². The van der Waals surface area contributed by atoms with E-state index in [-0.39, 0.29) is 6.61 Å². The van der Waals surface area contributed by atoms with Gasteiger partial charge in [-0.2, -0.15) is 5.21 Å². The maximum Gasteiger partial charge on any atom is 0.412 e. The molecule has 3 aromatic rings. The van der Waals surface area contributed by atoms with Crippen molar-refractivity contribution >= 4 is 17.6 Å². The molecule has 1 aromatic carbocycles. The Kier molecular flexibility index (Phi) is 7.84. The molecule has 2 N–H and O–H groups in total.